The zero-order valence-electron chi connectivity index (χ0n) is 15.1. The van der Waals surface area contributed by atoms with Gasteiger partial charge in [-0.3, -0.25) is 9.89 Å². The quantitative estimate of drug-likeness (QED) is 0.725. The van der Waals surface area contributed by atoms with E-state index in [1.54, 1.807) is 12.3 Å². The van der Waals surface area contributed by atoms with Crippen LogP contribution in [0.15, 0.2) is 24.4 Å². The molecular formula is C17H22N8O. The van der Waals surface area contributed by atoms with E-state index in [4.69, 9.17) is 5.10 Å². The molecule has 4 rings (SSSR count). The number of nitrogens with one attached hydrogen (secondary N) is 2. The van der Waals surface area contributed by atoms with E-state index >= 15 is 0 Å². The number of rotatable bonds is 4. The lowest BCUT2D eigenvalue weighted by Crippen LogP contribution is -2.52. The fourth-order valence-electron chi connectivity index (χ4n) is 3.02. The Bertz CT molecular complexity index is 918. The first-order valence-corrected chi connectivity index (χ1v) is 8.67. The Labute approximate surface area is 150 Å². The Morgan fingerprint density at radius 1 is 1.27 bits per heavy atom. The lowest BCUT2D eigenvalue weighted by atomic mass is 9.96. The summed E-state index contributed by atoms with van der Waals surface area (Å²) in [6.07, 6.45) is 1.57. The summed E-state index contributed by atoms with van der Waals surface area (Å²) in [4.78, 5) is 14.1. The number of carbonyl (C=O) groups is 1. The molecule has 9 heteroatoms. The third kappa shape index (κ3) is 3.00. The molecular weight excluding hydrogens is 332 g/mol. The minimum atomic E-state index is -0.126. The first kappa shape index (κ1) is 16.5. The van der Waals surface area contributed by atoms with Crippen LogP contribution in [-0.2, 0) is 5.41 Å². The summed E-state index contributed by atoms with van der Waals surface area (Å²) in [6.45, 7) is 8.64. The van der Waals surface area contributed by atoms with Crippen molar-refractivity contribution in [2.75, 3.05) is 24.5 Å². The molecule has 0 radical (unpaired) electrons. The van der Waals surface area contributed by atoms with Gasteiger partial charge in [0.25, 0.3) is 5.91 Å². The van der Waals surface area contributed by atoms with Crippen molar-refractivity contribution >= 4 is 17.4 Å². The van der Waals surface area contributed by atoms with Gasteiger partial charge in [-0.05, 0) is 18.2 Å². The molecule has 4 heterocycles. The summed E-state index contributed by atoms with van der Waals surface area (Å²) in [5.74, 6) is 2.03. The third-order valence-corrected chi connectivity index (χ3v) is 4.50. The number of hydrogen-bond acceptors (Lipinski definition) is 6. The van der Waals surface area contributed by atoms with Gasteiger partial charge in [-0.15, -0.1) is 15.3 Å². The molecule has 3 aromatic heterocycles. The Morgan fingerprint density at radius 2 is 2.08 bits per heavy atom. The van der Waals surface area contributed by atoms with Crippen molar-refractivity contribution < 1.29 is 4.79 Å². The van der Waals surface area contributed by atoms with Crippen molar-refractivity contribution in [3.63, 3.8) is 0 Å². The number of hydrogen-bond donors (Lipinski definition) is 2. The molecule has 1 aliphatic rings. The highest BCUT2D eigenvalue weighted by Crippen LogP contribution is 2.25. The maximum Gasteiger partial charge on any atom is 0.269 e. The SMILES string of the molecule is CC(C)(C)c1nnc2ccc(N3CC(CNC(=O)c4ccn[nH]4)C3)nn12. The number of H-pyrrole nitrogens is 1. The molecule has 3 aromatic rings. The molecule has 136 valence electrons. The van der Waals surface area contributed by atoms with Crippen LogP contribution < -0.4 is 10.2 Å². The summed E-state index contributed by atoms with van der Waals surface area (Å²) >= 11 is 0. The molecule has 0 spiro atoms. The van der Waals surface area contributed by atoms with Gasteiger partial charge >= 0.3 is 0 Å². The average Bonchev–Trinajstić information content (AvgIpc) is 3.21. The molecule has 1 aliphatic heterocycles. The van der Waals surface area contributed by atoms with E-state index in [0.717, 1.165) is 30.4 Å². The van der Waals surface area contributed by atoms with Crippen molar-refractivity contribution in [2.24, 2.45) is 5.92 Å². The van der Waals surface area contributed by atoms with E-state index in [9.17, 15) is 4.79 Å². The predicted octanol–water partition coefficient (Wildman–Crippen LogP) is 1.01. The highest BCUT2D eigenvalue weighted by molar-refractivity contribution is 5.92. The second kappa shape index (κ2) is 6.08. The van der Waals surface area contributed by atoms with Gasteiger partial charge in [0, 0.05) is 37.2 Å². The van der Waals surface area contributed by atoms with Gasteiger partial charge in [0.1, 0.15) is 11.5 Å². The van der Waals surface area contributed by atoms with Crippen LogP contribution in [-0.4, -0.2) is 55.6 Å². The Morgan fingerprint density at radius 3 is 2.77 bits per heavy atom. The molecule has 0 atom stereocenters. The summed E-state index contributed by atoms with van der Waals surface area (Å²) in [5, 5.41) is 22.6. The van der Waals surface area contributed by atoms with Crippen LogP contribution in [0.3, 0.4) is 0 Å². The van der Waals surface area contributed by atoms with Gasteiger partial charge in [0.2, 0.25) is 0 Å². The molecule has 0 aliphatic carbocycles. The first-order chi connectivity index (χ1) is 12.4. The molecule has 26 heavy (non-hydrogen) atoms. The van der Waals surface area contributed by atoms with Crippen molar-refractivity contribution in [3.8, 4) is 0 Å². The fraction of sp³-hybridized carbons (Fsp3) is 0.471. The van der Waals surface area contributed by atoms with Crippen LogP contribution in [0.25, 0.3) is 5.65 Å². The third-order valence-electron chi connectivity index (χ3n) is 4.50. The monoisotopic (exact) mass is 354 g/mol. The van der Waals surface area contributed by atoms with Gasteiger partial charge in [-0.25, -0.2) is 0 Å². The first-order valence-electron chi connectivity index (χ1n) is 8.67. The Kier molecular flexibility index (Phi) is 3.86. The molecule has 0 aromatic carbocycles. The predicted molar refractivity (Wildman–Crippen MR) is 96.1 cm³/mol. The lowest BCUT2D eigenvalue weighted by molar-refractivity contribution is 0.0939. The standard InChI is InChI=1S/C17H22N8O/c1-17(2,3)16-22-21-13-4-5-14(23-25(13)16)24-9-11(10-24)8-18-15(26)12-6-7-19-20-12/h4-7,11H,8-10H2,1-3H3,(H,18,26)(H,19,20). The molecule has 1 amide bonds. The minimum Gasteiger partial charge on any atom is -0.354 e. The van der Waals surface area contributed by atoms with Gasteiger partial charge < -0.3 is 10.2 Å². The summed E-state index contributed by atoms with van der Waals surface area (Å²) < 4.78 is 1.82. The normalized spacial score (nSPS) is 15.3. The second-order valence-corrected chi connectivity index (χ2v) is 7.69. The lowest BCUT2D eigenvalue weighted by Gasteiger charge is -2.40. The van der Waals surface area contributed by atoms with Crippen LogP contribution in [0.4, 0.5) is 5.82 Å². The minimum absolute atomic E-state index is 0.125. The molecule has 9 nitrogen and oxygen atoms in total. The Hall–Kier alpha value is -2.97. The molecule has 1 saturated heterocycles. The van der Waals surface area contributed by atoms with Crippen molar-refractivity contribution in [1.82, 2.24) is 35.3 Å². The summed E-state index contributed by atoms with van der Waals surface area (Å²) in [5.41, 5.74) is 1.11. The van der Waals surface area contributed by atoms with Crippen LogP contribution in [0.1, 0.15) is 37.1 Å². The number of nitrogens with zero attached hydrogens (tertiary/aromatic N) is 6. The van der Waals surface area contributed by atoms with E-state index in [-0.39, 0.29) is 11.3 Å². The molecule has 2 N–H and O–H groups in total. The van der Waals surface area contributed by atoms with Crippen LogP contribution in [0.5, 0.6) is 0 Å². The van der Waals surface area contributed by atoms with Gasteiger partial charge in [0.15, 0.2) is 11.5 Å². The number of aromatic nitrogens is 6. The number of anilines is 1. The number of fused-ring (bicyclic) bond motifs is 1. The average molecular weight is 354 g/mol. The zero-order chi connectivity index (χ0) is 18.3. The molecule has 0 saturated carbocycles. The largest absolute Gasteiger partial charge is 0.354 e. The Balaban J connectivity index is 1.39. The van der Waals surface area contributed by atoms with Crippen LogP contribution in [0.2, 0.25) is 0 Å². The van der Waals surface area contributed by atoms with E-state index in [1.807, 2.05) is 16.6 Å². The number of carbonyl (C=O) groups excluding carboxylic acids is 1. The topological polar surface area (TPSA) is 104 Å². The molecule has 0 unspecified atom stereocenters. The maximum absolute atomic E-state index is 11.9. The number of amides is 1. The highest BCUT2D eigenvalue weighted by Gasteiger charge is 2.29. The van der Waals surface area contributed by atoms with Crippen molar-refractivity contribution in [3.05, 3.63) is 35.9 Å². The van der Waals surface area contributed by atoms with Gasteiger partial charge in [-0.2, -0.15) is 9.61 Å². The number of aromatic amines is 1. The van der Waals surface area contributed by atoms with E-state index < -0.39 is 0 Å². The van der Waals surface area contributed by atoms with E-state index in [2.05, 4.69) is 51.4 Å². The van der Waals surface area contributed by atoms with Crippen LogP contribution >= 0.6 is 0 Å². The highest BCUT2D eigenvalue weighted by atomic mass is 16.1. The molecule has 0 bridgehead atoms. The smallest absolute Gasteiger partial charge is 0.269 e. The zero-order valence-corrected chi connectivity index (χ0v) is 15.1. The fourth-order valence-corrected chi connectivity index (χ4v) is 3.02. The summed E-state index contributed by atoms with van der Waals surface area (Å²) in [6, 6.07) is 5.57. The maximum atomic E-state index is 11.9. The van der Waals surface area contributed by atoms with Crippen molar-refractivity contribution in [2.45, 2.75) is 26.2 Å². The molecule has 1 fully saturated rings. The van der Waals surface area contributed by atoms with Gasteiger partial charge in [0.05, 0.1) is 0 Å². The van der Waals surface area contributed by atoms with Crippen molar-refractivity contribution in [1.29, 1.82) is 0 Å². The summed E-state index contributed by atoms with van der Waals surface area (Å²) in [7, 11) is 0. The second-order valence-electron chi connectivity index (χ2n) is 7.69. The van der Waals surface area contributed by atoms with E-state index in [0.29, 0.717) is 18.2 Å². The van der Waals surface area contributed by atoms with Crippen LogP contribution in [0, 0.1) is 5.92 Å². The van der Waals surface area contributed by atoms with Gasteiger partial charge in [-0.1, -0.05) is 20.8 Å². The van der Waals surface area contributed by atoms with E-state index in [1.165, 1.54) is 0 Å².